The van der Waals surface area contributed by atoms with Gasteiger partial charge in [0.1, 0.15) is 6.10 Å². The second-order valence-electron chi connectivity index (χ2n) is 9.11. The Balaban J connectivity index is 1.39. The number of aromatic nitrogens is 1. The highest BCUT2D eigenvalue weighted by atomic mass is 32.2. The Morgan fingerprint density at radius 3 is 2.64 bits per heavy atom. The first-order valence-corrected chi connectivity index (χ1v) is 14.2. The predicted octanol–water partition coefficient (Wildman–Crippen LogP) is 4.15. The molecular weight excluding hydrogens is 458 g/mol. The zero-order chi connectivity index (χ0) is 23.6. The van der Waals surface area contributed by atoms with E-state index < -0.39 is 10.0 Å². The van der Waals surface area contributed by atoms with Gasteiger partial charge < -0.3 is 9.64 Å². The van der Waals surface area contributed by atoms with E-state index in [0.29, 0.717) is 31.1 Å². The number of likely N-dealkylation sites (tertiary alicyclic amines) is 1. The van der Waals surface area contributed by atoms with Crippen LogP contribution in [-0.4, -0.2) is 66.5 Å². The zero-order valence-corrected chi connectivity index (χ0v) is 21.3. The lowest BCUT2D eigenvalue weighted by Gasteiger charge is -2.32. The highest BCUT2D eigenvalue weighted by molar-refractivity contribution is 7.89. The molecule has 0 unspecified atom stereocenters. The zero-order valence-electron chi connectivity index (χ0n) is 19.6. The Labute approximate surface area is 200 Å². The number of nitrogens with zero attached hydrogens (tertiary/aromatic N) is 3. The molecule has 2 aliphatic rings. The van der Waals surface area contributed by atoms with Gasteiger partial charge in [-0.05, 0) is 36.1 Å². The molecule has 180 valence electrons. The molecule has 2 aromatic rings. The smallest absolute Gasteiger partial charge is 0.274 e. The number of ether oxygens (including phenoxy) is 1. The van der Waals surface area contributed by atoms with Crippen molar-refractivity contribution in [2.24, 2.45) is 5.92 Å². The minimum atomic E-state index is -3.15. The largest absolute Gasteiger partial charge is 0.467 e. The molecule has 1 saturated heterocycles. The summed E-state index contributed by atoms with van der Waals surface area (Å²) in [7, 11) is -3.15. The van der Waals surface area contributed by atoms with E-state index in [1.807, 2.05) is 37.8 Å². The summed E-state index contributed by atoms with van der Waals surface area (Å²) in [5.41, 5.74) is 3.21. The van der Waals surface area contributed by atoms with E-state index in [2.05, 4.69) is 17.1 Å². The second-order valence-corrected chi connectivity index (χ2v) is 12.2. The molecule has 2 aliphatic heterocycles. The van der Waals surface area contributed by atoms with Crippen molar-refractivity contribution in [3.63, 3.8) is 0 Å². The van der Waals surface area contributed by atoms with E-state index in [1.165, 1.54) is 5.57 Å². The molecule has 0 N–H and O–H groups in total. The average Bonchev–Trinajstić information content (AvgIpc) is 3.20. The van der Waals surface area contributed by atoms with Crippen LogP contribution in [0.4, 0.5) is 0 Å². The monoisotopic (exact) mass is 491 g/mol. The highest BCUT2D eigenvalue weighted by Crippen LogP contribution is 2.33. The van der Waals surface area contributed by atoms with Crippen LogP contribution in [-0.2, 0) is 14.8 Å². The number of carbonyl (C=O) groups excluding carboxylic acids is 1. The van der Waals surface area contributed by atoms with Crippen LogP contribution in [0.5, 0.6) is 5.19 Å². The molecule has 0 atom stereocenters. The Morgan fingerprint density at radius 1 is 1.24 bits per heavy atom. The van der Waals surface area contributed by atoms with E-state index in [0.717, 1.165) is 41.7 Å². The van der Waals surface area contributed by atoms with Crippen molar-refractivity contribution in [2.75, 3.05) is 31.9 Å². The molecule has 4 rings (SSSR count). The Hall–Kier alpha value is -1.97. The molecule has 0 bridgehead atoms. The summed E-state index contributed by atoms with van der Waals surface area (Å²) in [6.45, 7) is 8.20. The van der Waals surface area contributed by atoms with Crippen molar-refractivity contribution in [2.45, 2.75) is 52.6 Å². The number of fused-ring (bicyclic) bond motifs is 1. The number of carbonyl (C=O) groups is 1. The van der Waals surface area contributed by atoms with Gasteiger partial charge in [0.05, 0.1) is 16.0 Å². The van der Waals surface area contributed by atoms with Crippen molar-refractivity contribution >= 4 is 43.1 Å². The molecule has 1 aromatic carbocycles. The molecule has 9 heteroatoms. The SMILES string of the molecule is CCCS(=O)(=O)N1CC=C(c2ccc3nc(OC4CCN(C(=O)C(C)C)CC4)sc3c2)CC1. The normalized spacial score (nSPS) is 18.7. The molecule has 0 spiro atoms. The molecule has 33 heavy (non-hydrogen) atoms. The van der Waals surface area contributed by atoms with Gasteiger partial charge in [-0.2, -0.15) is 4.31 Å². The molecule has 7 nitrogen and oxygen atoms in total. The summed E-state index contributed by atoms with van der Waals surface area (Å²) in [5, 5.41) is 0.672. The minimum Gasteiger partial charge on any atom is -0.467 e. The summed E-state index contributed by atoms with van der Waals surface area (Å²) in [4.78, 5) is 18.8. The summed E-state index contributed by atoms with van der Waals surface area (Å²) in [5.74, 6) is 0.451. The maximum Gasteiger partial charge on any atom is 0.274 e. The van der Waals surface area contributed by atoms with Crippen molar-refractivity contribution in [3.8, 4) is 5.19 Å². The molecular formula is C24H33N3O4S2. The van der Waals surface area contributed by atoms with E-state index in [4.69, 9.17) is 4.74 Å². The Kier molecular flexibility index (Phi) is 7.40. The molecule has 1 aromatic heterocycles. The first kappa shape index (κ1) is 24.2. The summed E-state index contributed by atoms with van der Waals surface area (Å²) >= 11 is 1.55. The van der Waals surface area contributed by atoms with Crippen LogP contribution in [0.3, 0.4) is 0 Å². The predicted molar refractivity (Wildman–Crippen MR) is 133 cm³/mol. The van der Waals surface area contributed by atoms with Crippen LogP contribution in [0.25, 0.3) is 15.8 Å². The fraction of sp³-hybridized carbons (Fsp3) is 0.583. The van der Waals surface area contributed by atoms with Gasteiger partial charge in [0, 0.05) is 44.9 Å². The number of sulfonamides is 1. The van der Waals surface area contributed by atoms with Crippen LogP contribution in [0.15, 0.2) is 24.3 Å². The van der Waals surface area contributed by atoms with Crippen molar-refractivity contribution in [3.05, 3.63) is 29.8 Å². The molecule has 1 amide bonds. The molecule has 3 heterocycles. The molecule has 0 radical (unpaired) electrons. The van der Waals surface area contributed by atoms with Gasteiger partial charge in [-0.25, -0.2) is 13.4 Å². The summed E-state index contributed by atoms with van der Waals surface area (Å²) < 4.78 is 33.4. The lowest BCUT2D eigenvalue weighted by molar-refractivity contribution is -0.136. The second kappa shape index (κ2) is 10.1. The third kappa shape index (κ3) is 5.58. The number of benzene rings is 1. The van der Waals surface area contributed by atoms with Crippen LogP contribution in [0.1, 0.15) is 52.0 Å². The van der Waals surface area contributed by atoms with Gasteiger partial charge in [0.15, 0.2) is 0 Å². The van der Waals surface area contributed by atoms with Crippen molar-refractivity contribution < 1.29 is 17.9 Å². The lowest BCUT2D eigenvalue weighted by Crippen LogP contribution is -2.43. The van der Waals surface area contributed by atoms with Crippen LogP contribution < -0.4 is 4.74 Å². The number of hydrogen-bond donors (Lipinski definition) is 0. The Bertz CT molecular complexity index is 1130. The lowest BCUT2D eigenvalue weighted by atomic mass is 10.0. The number of hydrogen-bond acceptors (Lipinski definition) is 6. The number of thiazole rings is 1. The van der Waals surface area contributed by atoms with Gasteiger partial charge in [-0.15, -0.1) is 0 Å². The number of amides is 1. The maximum atomic E-state index is 12.3. The standard InChI is InChI=1S/C24H33N3O4S2/c1-4-15-33(29,30)27-13-7-18(8-14-27)19-5-6-21-22(16-19)32-24(25-21)31-20-9-11-26(12-10-20)23(28)17(2)3/h5-7,16-17,20H,4,8-15H2,1-3H3. The van der Waals surface area contributed by atoms with Crippen LogP contribution in [0.2, 0.25) is 0 Å². The molecule has 1 fully saturated rings. The van der Waals surface area contributed by atoms with E-state index in [-0.39, 0.29) is 23.7 Å². The van der Waals surface area contributed by atoms with Gasteiger partial charge in [-0.1, -0.05) is 44.3 Å². The summed E-state index contributed by atoms with van der Waals surface area (Å²) in [6.07, 6.45) is 5.11. The number of rotatable bonds is 7. The summed E-state index contributed by atoms with van der Waals surface area (Å²) in [6, 6.07) is 6.20. The van der Waals surface area contributed by atoms with Gasteiger partial charge in [-0.3, -0.25) is 4.79 Å². The van der Waals surface area contributed by atoms with E-state index in [1.54, 1.807) is 15.6 Å². The third-order valence-corrected chi connectivity index (χ3v) is 9.23. The average molecular weight is 492 g/mol. The molecule has 0 aliphatic carbocycles. The van der Waals surface area contributed by atoms with Crippen molar-refractivity contribution in [1.29, 1.82) is 0 Å². The van der Waals surface area contributed by atoms with Crippen LogP contribution >= 0.6 is 11.3 Å². The third-order valence-electron chi connectivity index (χ3n) is 6.28. The van der Waals surface area contributed by atoms with Gasteiger partial charge in [0.2, 0.25) is 15.9 Å². The highest BCUT2D eigenvalue weighted by Gasteiger charge is 2.26. The quantitative estimate of drug-likeness (QED) is 0.581. The first-order chi connectivity index (χ1) is 15.8. The van der Waals surface area contributed by atoms with E-state index in [9.17, 15) is 13.2 Å². The van der Waals surface area contributed by atoms with Crippen molar-refractivity contribution in [1.82, 2.24) is 14.2 Å². The van der Waals surface area contributed by atoms with Gasteiger partial charge >= 0.3 is 0 Å². The molecule has 0 saturated carbocycles. The minimum absolute atomic E-state index is 0.0315. The fourth-order valence-corrected chi connectivity index (χ4v) is 6.77. The van der Waals surface area contributed by atoms with Crippen LogP contribution in [0, 0.1) is 5.92 Å². The fourth-order valence-electron chi connectivity index (χ4n) is 4.41. The first-order valence-electron chi connectivity index (χ1n) is 11.8. The maximum absolute atomic E-state index is 12.3. The number of piperidine rings is 1. The Morgan fingerprint density at radius 2 is 2.00 bits per heavy atom. The van der Waals surface area contributed by atoms with E-state index >= 15 is 0 Å². The van der Waals surface area contributed by atoms with Gasteiger partial charge in [0.25, 0.3) is 5.19 Å². The topological polar surface area (TPSA) is 79.8 Å².